The van der Waals surface area contributed by atoms with Crippen molar-refractivity contribution in [1.82, 2.24) is 10.2 Å². The lowest BCUT2D eigenvalue weighted by Crippen LogP contribution is -2.49. The lowest BCUT2D eigenvalue weighted by molar-refractivity contribution is 0.102. The molecule has 3 aromatic carbocycles. The molecule has 1 amide bonds. The van der Waals surface area contributed by atoms with Gasteiger partial charge in [-0.05, 0) is 66.8 Å². The van der Waals surface area contributed by atoms with Gasteiger partial charge < -0.3 is 14.8 Å². The van der Waals surface area contributed by atoms with Crippen LogP contribution in [0.3, 0.4) is 0 Å². The largest absolute Gasteiger partial charge is 0.457 e. The van der Waals surface area contributed by atoms with Crippen LogP contribution in [-0.4, -0.2) is 44.3 Å². The van der Waals surface area contributed by atoms with Crippen LogP contribution in [0.5, 0.6) is 11.5 Å². The van der Waals surface area contributed by atoms with Crippen molar-refractivity contribution in [3.8, 4) is 11.5 Å². The van der Waals surface area contributed by atoms with Crippen LogP contribution >= 0.6 is 0 Å². The zero-order valence-corrected chi connectivity index (χ0v) is 22.9. The van der Waals surface area contributed by atoms with E-state index in [1.807, 2.05) is 60.7 Å². The highest BCUT2D eigenvalue weighted by molar-refractivity contribution is 7.92. The van der Waals surface area contributed by atoms with Gasteiger partial charge in [-0.15, -0.1) is 6.58 Å². The third-order valence-corrected chi connectivity index (χ3v) is 7.12. The van der Waals surface area contributed by atoms with Gasteiger partial charge in [0, 0.05) is 30.9 Å². The van der Waals surface area contributed by atoms with E-state index >= 15 is 0 Å². The molecule has 2 N–H and O–H groups in total. The minimum absolute atomic E-state index is 0.0595. The molecule has 0 bridgehead atoms. The smallest absolute Gasteiger partial charge is 0.407 e. The molecule has 206 valence electrons. The Morgan fingerprint density at radius 3 is 2.31 bits per heavy atom. The average Bonchev–Trinajstić information content (AvgIpc) is 2.91. The first kappa shape index (κ1) is 28.2. The highest BCUT2D eigenvalue weighted by atomic mass is 32.2. The normalized spacial score (nSPS) is 17.7. The Labute approximate surface area is 230 Å². The van der Waals surface area contributed by atoms with E-state index in [1.165, 1.54) is 0 Å². The Morgan fingerprint density at radius 2 is 1.67 bits per heavy atom. The van der Waals surface area contributed by atoms with Gasteiger partial charge >= 0.3 is 6.09 Å². The maximum atomic E-state index is 12.4. The Balaban J connectivity index is 1.27. The van der Waals surface area contributed by atoms with E-state index in [0.29, 0.717) is 17.2 Å². The SMILES string of the molecule is C=CCC1CC(NC(=O)OCc2ccccc2)CCN1Cc1ccc(Oc2ccc(NS(C)(=O)=O)cc2)cc1. The second kappa shape index (κ2) is 13.3. The van der Waals surface area contributed by atoms with Gasteiger partial charge in [0.05, 0.1) is 6.26 Å². The number of ether oxygens (including phenoxy) is 2. The number of hydrogen-bond donors (Lipinski definition) is 2. The summed E-state index contributed by atoms with van der Waals surface area (Å²) < 4.78 is 36.5. The van der Waals surface area contributed by atoms with E-state index in [-0.39, 0.29) is 24.8 Å². The van der Waals surface area contributed by atoms with Gasteiger partial charge in [0.15, 0.2) is 0 Å². The van der Waals surface area contributed by atoms with Crippen LogP contribution in [0, 0.1) is 0 Å². The molecule has 1 aliphatic rings. The number of nitrogens with one attached hydrogen (secondary N) is 2. The highest BCUT2D eigenvalue weighted by Gasteiger charge is 2.29. The van der Waals surface area contributed by atoms with Crippen molar-refractivity contribution in [2.75, 3.05) is 17.5 Å². The van der Waals surface area contributed by atoms with Crippen molar-refractivity contribution in [3.63, 3.8) is 0 Å². The van der Waals surface area contributed by atoms with Crippen LogP contribution in [-0.2, 0) is 27.9 Å². The van der Waals surface area contributed by atoms with E-state index in [4.69, 9.17) is 9.47 Å². The van der Waals surface area contributed by atoms with Gasteiger partial charge in [0.25, 0.3) is 0 Å². The van der Waals surface area contributed by atoms with Gasteiger partial charge in [-0.3, -0.25) is 9.62 Å². The molecule has 2 unspecified atom stereocenters. The third-order valence-electron chi connectivity index (χ3n) is 6.51. The molecule has 0 radical (unpaired) electrons. The standard InChI is InChI=1S/C30H35N3O5S/c1-3-7-27-20-26(31-30(34)37-22-24-8-5-4-6-9-24)18-19-33(27)21-23-10-14-28(15-11-23)38-29-16-12-25(13-17-29)32-39(2,35)36/h3-6,8-17,26-27,32H,1,7,18-22H2,2H3,(H,31,34). The van der Waals surface area contributed by atoms with Crippen LogP contribution in [0.4, 0.5) is 10.5 Å². The topological polar surface area (TPSA) is 97.0 Å². The number of rotatable bonds is 11. The number of likely N-dealkylation sites (tertiary alicyclic amines) is 1. The van der Waals surface area contributed by atoms with E-state index in [1.54, 1.807) is 24.3 Å². The Kier molecular flexibility index (Phi) is 9.62. The number of alkyl carbamates (subject to hydrolysis) is 1. The summed E-state index contributed by atoms with van der Waals surface area (Å²) in [6, 6.07) is 24.7. The summed E-state index contributed by atoms with van der Waals surface area (Å²) in [6.45, 7) is 5.83. The summed E-state index contributed by atoms with van der Waals surface area (Å²) in [4.78, 5) is 14.8. The van der Waals surface area contributed by atoms with Crippen LogP contribution in [0.15, 0.2) is 91.5 Å². The summed E-state index contributed by atoms with van der Waals surface area (Å²) in [5.74, 6) is 1.31. The number of benzene rings is 3. The minimum Gasteiger partial charge on any atom is -0.457 e. The second-order valence-electron chi connectivity index (χ2n) is 9.72. The quantitative estimate of drug-likeness (QED) is 0.299. The maximum absolute atomic E-state index is 12.4. The third kappa shape index (κ3) is 9.15. The first-order chi connectivity index (χ1) is 18.8. The molecule has 0 saturated carbocycles. The summed E-state index contributed by atoms with van der Waals surface area (Å²) >= 11 is 0. The number of carbonyl (C=O) groups excluding carboxylic acids is 1. The van der Waals surface area contributed by atoms with Crippen molar-refractivity contribution in [2.24, 2.45) is 0 Å². The summed E-state index contributed by atoms with van der Waals surface area (Å²) in [5.41, 5.74) is 2.61. The predicted octanol–water partition coefficient (Wildman–Crippen LogP) is 5.69. The first-order valence-corrected chi connectivity index (χ1v) is 14.8. The number of amides is 1. The van der Waals surface area contributed by atoms with Crippen molar-refractivity contribution in [2.45, 2.75) is 44.5 Å². The molecule has 1 saturated heterocycles. The molecule has 4 rings (SSSR count). The molecular formula is C30H35N3O5S. The number of hydrogen-bond acceptors (Lipinski definition) is 6. The Hall–Kier alpha value is -3.82. The molecule has 2 atom stereocenters. The molecule has 0 aromatic heterocycles. The van der Waals surface area contributed by atoms with Gasteiger partial charge in [0.2, 0.25) is 10.0 Å². The molecule has 9 heteroatoms. The van der Waals surface area contributed by atoms with Gasteiger partial charge in [-0.2, -0.15) is 0 Å². The number of carbonyl (C=O) groups is 1. The molecule has 0 aliphatic carbocycles. The molecule has 8 nitrogen and oxygen atoms in total. The number of piperidine rings is 1. The average molecular weight is 550 g/mol. The van der Waals surface area contributed by atoms with Crippen molar-refractivity contribution in [3.05, 3.63) is 103 Å². The van der Waals surface area contributed by atoms with Crippen LogP contribution in [0.25, 0.3) is 0 Å². The molecule has 3 aromatic rings. The fraction of sp³-hybridized carbons (Fsp3) is 0.300. The summed E-state index contributed by atoms with van der Waals surface area (Å²) in [5, 5.41) is 3.03. The van der Waals surface area contributed by atoms with E-state index in [2.05, 4.69) is 21.5 Å². The van der Waals surface area contributed by atoms with Crippen LogP contribution in [0.2, 0.25) is 0 Å². The number of sulfonamides is 1. The molecular weight excluding hydrogens is 514 g/mol. The van der Waals surface area contributed by atoms with Crippen LogP contribution in [0.1, 0.15) is 30.4 Å². The molecule has 1 heterocycles. The van der Waals surface area contributed by atoms with E-state index in [0.717, 1.165) is 49.7 Å². The fourth-order valence-electron chi connectivity index (χ4n) is 4.65. The zero-order chi connectivity index (χ0) is 27.7. The fourth-order valence-corrected chi connectivity index (χ4v) is 5.21. The predicted molar refractivity (Wildman–Crippen MR) is 153 cm³/mol. The summed E-state index contributed by atoms with van der Waals surface area (Å²) in [6.07, 6.45) is 5.18. The van der Waals surface area contributed by atoms with Gasteiger partial charge in [0.1, 0.15) is 18.1 Å². The van der Waals surface area contributed by atoms with Crippen LogP contribution < -0.4 is 14.8 Å². The van der Waals surface area contributed by atoms with Crippen molar-refractivity contribution >= 4 is 21.8 Å². The van der Waals surface area contributed by atoms with Gasteiger partial charge in [-0.1, -0.05) is 48.5 Å². The lowest BCUT2D eigenvalue weighted by atomic mass is 9.94. The number of nitrogens with zero attached hydrogens (tertiary/aromatic N) is 1. The minimum atomic E-state index is -3.32. The zero-order valence-electron chi connectivity index (χ0n) is 22.1. The van der Waals surface area contributed by atoms with E-state index < -0.39 is 10.0 Å². The van der Waals surface area contributed by atoms with Gasteiger partial charge in [-0.25, -0.2) is 13.2 Å². The first-order valence-electron chi connectivity index (χ1n) is 12.9. The summed E-state index contributed by atoms with van der Waals surface area (Å²) in [7, 11) is -3.32. The molecule has 0 spiro atoms. The lowest BCUT2D eigenvalue weighted by Gasteiger charge is -2.39. The van der Waals surface area contributed by atoms with E-state index in [9.17, 15) is 13.2 Å². The van der Waals surface area contributed by atoms with Crippen molar-refractivity contribution in [1.29, 1.82) is 0 Å². The Bertz CT molecular complexity index is 1330. The second-order valence-corrected chi connectivity index (χ2v) is 11.5. The number of anilines is 1. The monoisotopic (exact) mass is 549 g/mol. The molecule has 1 fully saturated rings. The molecule has 1 aliphatic heterocycles. The Morgan fingerprint density at radius 1 is 1.00 bits per heavy atom. The molecule has 39 heavy (non-hydrogen) atoms. The highest BCUT2D eigenvalue weighted by Crippen LogP contribution is 2.26. The maximum Gasteiger partial charge on any atom is 0.407 e. The van der Waals surface area contributed by atoms with Crippen molar-refractivity contribution < 1.29 is 22.7 Å².